The first-order chi connectivity index (χ1) is 16.4. The Bertz CT molecular complexity index is 1360. The Labute approximate surface area is 202 Å². The molecule has 1 N–H and O–H groups in total. The summed E-state index contributed by atoms with van der Waals surface area (Å²) in [6.07, 6.45) is 0. The van der Waals surface area contributed by atoms with E-state index in [-0.39, 0.29) is 18.4 Å². The molecule has 2 aromatic heterocycles. The fourth-order valence-electron chi connectivity index (χ4n) is 4.40. The van der Waals surface area contributed by atoms with Gasteiger partial charge in [-0.05, 0) is 55.5 Å². The van der Waals surface area contributed by atoms with Crippen LogP contribution < -0.4 is 10.2 Å². The monoisotopic (exact) mass is 470 g/mol. The van der Waals surface area contributed by atoms with E-state index in [0.29, 0.717) is 12.2 Å². The van der Waals surface area contributed by atoms with E-state index >= 15 is 0 Å². The average molecular weight is 471 g/mol. The maximum absolute atomic E-state index is 13.9. The van der Waals surface area contributed by atoms with Crippen LogP contribution in [0.3, 0.4) is 0 Å². The third-order valence-corrected chi connectivity index (χ3v) is 7.24. The highest BCUT2D eigenvalue weighted by atomic mass is 32.1. The Balaban J connectivity index is 1.54. The van der Waals surface area contributed by atoms with Crippen LogP contribution in [0.2, 0.25) is 0 Å². The standard InChI is InChI=1S/C27H26N4O2S/c1-18-10-12-20(13-11-18)16-28-26(33)27(3)17-30-23(15-21(29-30)24-9-6-14-34-24)25(32)31(27)22-8-5-4-7-19(22)2/h4-15H,16-17H2,1-3H3,(H,28,33)/t27-/m1/s1. The van der Waals surface area contributed by atoms with Crippen LogP contribution in [0.5, 0.6) is 0 Å². The van der Waals surface area contributed by atoms with Gasteiger partial charge in [-0.1, -0.05) is 54.1 Å². The van der Waals surface area contributed by atoms with Crippen LogP contribution in [0.4, 0.5) is 5.69 Å². The molecule has 0 spiro atoms. The number of thiophene rings is 1. The Morgan fingerprint density at radius 2 is 1.85 bits per heavy atom. The molecule has 0 unspecified atom stereocenters. The number of carbonyl (C=O) groups is 2. The van der Waals surface area contributed by atoms with Gasteiger partial charge < -0.3 is 5.32 Å². The minimum absolute atomic E-state index is 0.219. The molecule has 5 rings (SSSR count). The topological polar surface area (TPSA) is 67.2 Å². The minimum Gasteiger partial charge on any atom is -0.350 e. The molecular weight excluding hydrogens is 444 g/mol. The number of nitrogens with zero attached hydrogens (tertiary/aromatic N) is 3. The van der Waals surface area contributed by atoms with Gasteiger partial charge in [0, 0.05) is 12.2 Å². The van der Waals surface area contributed by atoms with Gasteiger partial charge in [-0.15, -0.1) is 11.3 Å². The van der Waals surface area contributed by atoms with Crippen LogP contribution in [0.1, 0.15) is 34.1 Å². The number of fused-ring (bicyclic) bond motifs is 1. The van der Waals surface area contributed by atoms with Crippen molar-refractivity contribution in [3.8, 4) is 10.6 Å². The molecule has 172 valence electrons. The molecule has 2 amide bonds. The number of aromatic nitrogens is 2. The van der Waals surface area contributed by atoms with Gasteiger partial charge in [-0.2, -0.15) is 5.10 Å². The van der Waals surface area contributed by atoms with Crippen molar-refractivity contribution in [1.29, 1.82) is 0 Å². The lowest BCUT2D eigenvalue weighted by atomic mass is 9.93. The van der Waals surface area contributed by atoms with Crippen LogP contribution in [0, 0.1) is 13.8 Å². The minimum atomic E-state index is -1.15. The summed E-state index contributed by atoms with van der Waals surface area (Å²) in [7, 11) is 0. The summed E-state index contributed by atoms with van der Waals surface area (Å²) < 4.78 is 1.68. The van der Waals surface area contributed by atoms with E-state index in [9.17, 15) is 9.59 Å². The summed E-state index contributed by atoms with van der Waals surface area (Å²) >= 11 is 1.57. The largest absolute Gasteiger partial charge is 0.350 e. The van der Waals surface area contributed by atoms with E-state index in [1.54, 1.807) is 20.9 Å². The van der Waals surface area contributed by atoms with Gasteiger partial charge in [0.05, 0.1) is 11.4 Å². The first-order valence-electron chi connectivity index (χ1n) is 11.2. The second-order valence-electron chi connectivity index (χ2n) is 8.92. The van der Waals surface area contributed by atoms with Crippen molar-refractivity contribution >= 4 is 28.8 Å². The van der Waals surface area contributed by atoms with Crippen LogP contribution in [-0.4, -0.2) is 27.1 Å². The second kappa shape index (κ2) is 8.57. The van der Waals surface area contributed by atoms with Gasteiger partial charge in [0.2, 0.25) is 5.91 Å². The van der Waals surface area contributed by atoms with E-state index < -0.39 is 5.54 Å². The number of rotatable bonds is 5. The van der Waals surface area contributed by atoms with Gasteiger partial charge in [0.15, 0.2) is 0 Å². The number of anilines is 1. The number of hydrogen-bond acceptors (Lipinski definition) is 4. The van der Waals surface area contributed by atoms with Gasteiger partial charge >= 0.3 is 0 Å². The van der Waals surface area contributed by atoms with Crippen molar-refractivity contribution in [2.45, 2.75) is 39.4 Å². The molecule has 0 aliphatic carbocycles. The van der Waals surface area contributed by atoms with Crippen LogP contribution >= 0.6 is 11.3 Å². The SMILES string of the molecule is Cc1ccc(CNC(=O)[C@@]2(C)Cn3nc(-c4cccs4)cc3C(=O)N2c2ccccc2C)cc1. The van der Waals surface area contributed by atoms with Gasteiger partial charge in [0.25, 0.3) is 5.91 Å². The lowest BCUT2D eigenvalue weighted by Crippen LogP contribution is -2.64. The Morgan fingerprint density at radius 3 is 2.56 bits per heavy atom. The lowest BCUT2D eigenvalue weighted by Gasteiger charge is -2.43. The molecular formula is C27H26N4O2S. The first kappa shape index (κ1) is 22.1. The molecule has 0 fully saturated rings. The average Bonchev–Trinajstić information content (AvgIpc) is 3.50. The van der Waals surface area contributed by atoms with Crippen molar-refractivity contribution < 1.29 is 9.59 Å². The smallest absolute Gasteiger partial charge is 0.277 e. The summed E-state index contributed by atoms with van der Waals surface area (Å²) in [6, 6.07) is 21.5. The number of benzene rings is 2. The number of para-hydroxylation sites is 1. The van der Waals surface area contributed by atoms with Crippen LogP contribution in [0.15, 0.2) is 72.1 Å². The van der Waals surface area contributed by atoms with Crippen LogP contribution in [-0.2, 0) is 17.9 Å². The highest BCUT2D eigenvalue weighted by Crippen LogP contribution is 2.36. The molecule has 7 heteroatoms. The molecule has 1 aliphatic heterocycles. The summed E-state index contributed by atoms with van der Waals surface area (Å²) in [6.45, 7) is 6.45. The molecule has 4 aromatic rings. The number of hydrogen-bond donors (Lipinski definition) is 1. The summed E-state index contributed by atoms with van der Waals surface area (Å²) in [5.74, 6) is -0.452. The predicted molar refractivity (Wildman–Crippen MR) is 135 cm³/mol. The zero-order valence-electron chi connectivity index (χ0n) is 19.4. The number of nitrogens with one attached hydrogen (secondary N) is 1. The molecule has 6 nitrogen and oxygen atoms in total. The van der Waals surface area contributed by atoms with Crippen molar-refractivity contribution in [2.75, 3.05) is 4.90 Å². The number of carbonyl (C=O) groups excluding carboxylic acids is 2. The fraction of sp³-hybridized carbons (Fsp3) is 0.222. The highest BCUT2D eigenvalue weighted by molar-refractivity contribution is 7.13. The van der Waals surface area contributed by atoms with E-state index in [1.165, 1.54) is 5.56 Å². The second-order valence-corrected chi connectivity index (χ2v) is 9.87. The number of amides is 2. The Kier molecular flexibility index (Phi) is 5.57. The van der Waals surface area contributed by atoms with Crippen molar-refractivity contribution in [1.82, 2.24) is 15.1 Å². The predicted octanol–water partition coefficient (Wildman–Crippen LogP) is 4.96. The summed E-state index contributed by atoms with van der Waals surface area (Å²) in [4.78, 5) is 30.2. The van der Waals surface area contributed by atoms with Gasteiger partial charge in [0.1, 0.15) is 16.9 Å². The normalized spacial score (nSPS) is 17.5. The highest BCUT2D eigenvalue weighted by Gasteiger charge is 2.49. The van der Waals surface area contributed by atoms with Gasteiger partial charge in [-0.3, -0.25) is 19.2 Å². The third kappa shape index (κ3) is 3.82. The van der Waals surface area contributed by atoms with E-state index in [1.807, 2.05) is 92.9 Å². The molecule has 0 saturated carbocycles. The lowest BCUT2D eigenvalue weighted by molar-refractivity contribution is -0.126. The summed E-state index contributed by atoms with van der Waals surface area (Å²) in [5, 5.41) is 9.75. The zero-order chi connectivity index (χ0) is 23.9. The Morgan fingerprint density at radius 1 is 1.09 bits per heavy atom. The molecule has 3 heterocycles. The van der Waals surface area contributed by atoms with E-state index in [0.717, 1.165) is 27.4 Å². The molecule has 1 aliphatic rings. The molecule has 0 radical (unpaired) electrons. The van der Waals surface area contributed by atoms with Gasteiger partial charge in [-0.25, -0.2) is 0 Å². The van der Waals surface area contributed by atoms with Crippen molar-refractivity contribution in [2.24, 2.45) is 0 Å². The maximum atomic E-state index is 13.9. The quantitative estimate of drug-likeness (QED) is 0.448. The first-order valence-corrected chi connectivity index (χ1v) is 12.1. The Hall–Kier alpha value is -3.71. The van der Waals surface area contributed by atoms with Crippen molar-refractivity contribution in [3.05, 3.63) is 94.5 Å². The molecule has 0 bridgehead atoms. The third-order valence-electron chi connectivity index (χ3n) is 6.35. The molecule has 1 atom stereocenters. The molecule has 2 aromatic carbocycles. The number of aryl methyl sites for hydroxylation is 2. The van der Waals surface area contributed by atoms with Crippen LogP contribution in [0.25, 0.3) is 10.6 Å². The van der Waals surface area contributed by atoms with Crippen molar-refractivity contribution in [3.63, 3.8) is 0 Å². The maximum Gasteiger partial charge on any atom is 0.277 e. The fourth-order valence-corrected chi connectivity index (χ4v) is 5.08. The van der Waals surface area contributed by atoms with E-state index in [2.05, 4.69) is 5.32 Å². The van der Waals surface area contributed by atoms with E-state index in [4.69, 9.17) is 5.10 Å². The molecule has 0 saturated heterocycles. The zero-order valence-corrected chi connectivity index (χ0v) is 20.2. The molecule has 34 heavy (non-hydrogen) atoms. The summed E-state index contributed by atoms with van der Waals surface area (Å²) in [5.41, 5.74) is 3.90.